The number of aryl methyl sites for hydroxylation is 2. The van der Waals surface area contributed by atoms with Gasteiger partial charge in [-0.15, -0.1) is 11.3 Å². The van der Waals surface area contributed by atoms with Crippen molar-refractivity contribution in [3.05, 3.63) is 26.6 Å². The van der Waals surface area contributed by atoms with Crippen molar-refractivity contribution in [2.45, 2.75) is 64.6 Å². The van der Waals surface area contributed by atoms with Gasteiger partial charge in [0.05, 0.1) is 5.39 Å². The first-order valence-electron chi connectivity index (χ1n) is 9.69. The van der Waals surface area contributed by atoms with Crippen molar-refractivity contribution < 1.29 is 14.4 Å². The lowest BCUT2D eigenvalue weighted by atomic mass is 9.89. The zero-order valence-electron chi connectivity index (χ0n) is 15.5. The molecule has 1 amide bonds. The molecule has 1 aliphatic heterocycles. The number of nitrogens with one attached hydrogen (secondary N) is 2. The second kappa shape index (κ2) is 8.08. The number of nitrogens with zero attached hydrogens (tertiary/aromatic N) is 1. The van der Waals surface area contributed by atoms with Crippen LogP contribution in [0, 0.1) is 5.92 Å². The average molecular weight is 391 g/mol. The summed E-state index contributed by atoms with van der Waals surface area (Å²) in [4.78, 5) is 39.4. The van der Waals surface area contributed by atoms with Gasteiger partial charge >= 0.3 is 0 Å². The molecule has 4 rings (SSSR count). The molecule has 2 aromatic rings. The molecule has 1 fully saturated rings. The molecule has 7 nitrogen and oxygen atoms in total. The number of hydrogen-bond acceptors (Lipinski definition) is 6. The van der Waals surface area contributed by atoms with Crippen LogP contribution >= 0.6 is 11.3 Å². The minimum atomic E-state index is -0.364. The first kappa shape index (κ1) is 18.6. The van der Waals surface area contributed by atoms with E-state index in [2.05, 4.69) is 22.4 Å². The second-order valence-electron chi connectivity index (χ2n) is 7.48. The number of amides is 1. The van der Waals surface area contributed by atoms with Crippen LogP contribution in [0.25, 0.3) is 10.2 Å². The summed E-state index contributed by atoms with van der Waals surface area (Å²) in [6.07, 6.45) is 6.14. The summed E-state index contributed by atoms with van der Waals surface area (Å²) < 4.78 is 5.41. The Kier molecular flexibility index (Phi) is 5.56. The number of hydrogen-bond donors (Lipinski definition) is 2. The maximum atomic E-state index is 12.6. The van der Waals surface area contributed by atoms with Crippen molar-refractivity contribution in [1.82, 2.24) is 15.4 Å². The van der Waals surface area contributed by atoms with Gasteiger partial charge in [0.25, 0.3) is 5.56 Å². The molecule has 0 radical (unpaired) electrons. The Morgan fingerprint density at radius 3 is 3.11 bits per heavy atom. The topological polar surface area (TPSA) is 93.3 Å². The Morgan fingerprint density at radius 1 is 1.41 bits per heavy atom. The minimum Gasteiger partial charge on any atom is -0.350 e. The molecule has 0 aromatic carbocycles. The molecule has 0 spiro atoms. The lowest BCUT2D eigenvalue weighted by Gasteiger charge is -2.22. The first-order valence-corrected chi connectivity index (χ1v) is 10.5. The van der Waals surface area contributed by atoms with E-state index in [1.54, 1.807) is 11.3 Å². The smallest absolute Gasteiger partial charge is 0.259 e. The van der Waals surface area contributed by atoms with Crippen LogP contribution in [0.4, 0.5) is 0 Å². The lowest BCUT2D eigenvalue weighted by molar-refractivity contribution is -0.200. The van der Waals surface area contributed by atoms with Crippen molar-refractivity contribution in [2.24, 2.45) is 5.92 Å². The number of H-pyrrole nitrogens is 1. The first-order chi connectivity index (χ1) is 13.1. The largest absolute Gasteiger partial charge is 0.350 e. The van der Waals surface area contributed by atoms with Gasteiger partial charge in [0.1, 0.15) is 10.7 Å². The Labute approximate surface area is 161 Å². The Bertz CT molecular complexity index is 885. The zero-order chi connectivity index (χ0) is 18.8. The third-order valence-electron chi connectivity index (χ3n) is 5.25. The number of rotatable bonds is 5. The van der Waals surface area contributed by atoms with Crippen molar-refractivity contribution in [3.8, 4) is 0 Å². The van der Waals surface area contributed by atoms with Gasteiger partial charge in [-0.3, -0.25) is 9.59 Å². The van der Waals surface area contributed by atoms with Crippen LogP contribution in [0.2, 0.25) is 0 Å². The second-order valence-corrected chi connectivity index (χ2v) is 8.57. The Morgan fingerprint density at radius 2 is 2.30 bits per heavy atom. The van der Waals surface area contributed by atoms with Crippen molar-refractivity contribution in [2.75, 3.05) is 6.61 Å². The third kappa shape index (κ3) is 4.23. The van der Waals surface area contributed by atoms with Crippen LogP contribution in [-0.4, -0.2) is 28.8 Å². The number of carbonyl (C=O) groups is 1. The summed E-state index contributed by atoms with van der Waals surface area (Å²) in [6.45, 7) is 2.91. The van der Waals surface area contributed by atoms with E-state index in [-0.39, 0.29) is 24.2 Å². The summed E-state index contributed by atoms with van der Waals surface area (Å²) in [6, 6.07) is 0. The van der Waals surface area contributed by atoms with Crippen LogP contribution in [-0.2, 0) is 33.6 Å². The molecule has 2 aliphatic rings. The summed E-state index contributed by atoms with van der Waals surface area (Å²) in [5, 5.41) is 0.743. The number of ether oxygens (including phenoxy) is 1. The van der Waals surface area contributed by atoms with Crippen molar-refractivity contribution in [1.29, 1.82) is 0 Å². The molecular weight excluding hydrogens is 366 g/mol. The molecule has 0 unspecified atom stereocenters. The van der Waals surface area contributed by atoms with Crippen LogP contribution < -0.4 is 11.0 Å². The van der Waals surface area contributed by atoms with Gasteiger partial charge in [-0.1, -0.05) is 6.92 Å². The molecule has 0 saturated carbocycles. The molecule has 2 atom stereocenters. The van der Waals surface area contributed by atoms with Crippen LogP contribution in [0.5, 0.6) is 0 Å². The highest BCUT2D eigenvalue weighted by molar-refractivity contribution is 7.18. The predicted octanol–water partition coefficient (Wildman–Crippen LogP) is 2.62. The van der Waals surface area contributed by atoms with Gasteiger partial charge in [-0.05, 0) is 43.6 Å². The Hall–Kier alpha value is -1.77. The van der Waals surface area contributed by atoms with Gasteiger partial charge in [-0.25, -0.2) is 15.3 Å². The highest BCUT2D eigenvalue weighted by Crippen LogP contribution is 2.35. The predicted molar refractivity (Wildman–Crippen MR) is 103 cm³/mol. The van der Waals surface area contributed by atoms with Gasteiger partial charge in [-0.2, -0.15) is 0 Å². The number of aromatic amines is 1. The van der Waals surface area contributed by atoms with E-state index in [0.29, 0.717) is 24.8 Å². The van der Waals surface area contributed by atoms with E-state index in [9.17, 15) is 9.59 Å². The summed E-state index contributed by atoms with van der Waals surface area (Å²) in [5.41, 5.74) is 3.52. The fourth-order valence-electron chi connectivity index (χ4n) is 3.73. The average Bonchev–Trinajstić information content (AvgIpc) is 3.03. The molecule has 1 aliphatic carbocycles. The summed E-state index contributed by atoms with van der Waals surface area (Å²) >= 11 is 1.62. The maximum Gasteiger partial charge on any atom is 0.259 e. The molecule has 8 heteroatoms. The minimum absolute atomic E-state index is 0.0886. The van der Waals surface area contributed by atoms with Crippen LogP contribution in [0.1, 0.15) is 55.3 Å². The quantitative estimate of drug-likeness (QED) is 0.764. The maximum absolute atomic E-state index is 12.6. The fourth-order valence-corrected chi connectivity index (χ4v) is 5.13. The van der Waals surface area contributed by atoms with Crippen LogP contribution in [0.15, 0.2) is 4.79 Å². The highest BCUT2D eigenvalue weighted by atomic mass is 32.1. The highest BCUT2D eigenvalue weighted by Gasteiger charge is 2.23. The van der Waals surface area contributed by atoms with E-state index in [1.165, 1.54) is 10.4 Å². The third-order valence-corrected chi connectivity index (χ3v) is 6.39. The number of carbonyl (C=O) groups excluding carboxylic acids is 1. The lowest BCUT2D eigenvalue weighted by Crippen LogP contribution is -2.33. The number of hydroxylamine groups is 1. The molecular formula is C19H25N3O4S. The number of thiophene rings is 1. The number of fused-ring (bicyclic) bond motifs is 3. The van der Waals surface area contributed by atoms with Gasteiger partial charge < -0.3 is 9.72 Å². The molecule has 0 bridgehead atoms. The molecule has 2 N–H and O–H groups in total. The molecule has 1 saturated heterocycles. The van der Waals surface area contributed by atoms with Gasteiger partial charge in [0.15, 0.2) is 6.29 Å². The molecule has 3 heterocycles. The van der Waals surface area contributed by atoms with Gasteiger partial charge in [0.2, 0.25) is 5.91 Å². The molecule has 146 valence electrons. The molecule has 27 heavy (non-hydrogen) atoms. The normalized spacial score (nSPS) is 22.6. The van der Waals surface area contributed by atoms with Crippen molar-refractivity contribution in [3.63, 3.8) is 0 Å². The molecule has 2 aromatic heterocycles. The van der Waals surface area contributed by atoms with E-state index in [1.807, 2.05) is 0 Å². The van der Waals surface area contributed by atoms with Gasteiger partial charge in [0, 0.05) is 30.7 Å². The standard InChI is InChI=1S/C19H25N3O4S/c1-11-5-6-12-13(10-11)27-19-17(12)18(24)20-14(21-19)7-8-15(23)22-26-16-4-2-3-9-25-16/h11,16H,2-10H2,1H3,(H,22,23)(H,20,21,24)/t11-,16+/m1/s1. The SMILES string of the molecule is C[C@@H]1CCc2c(sc3nc(CCC(=O)NO[C@H]4CCCCO4)[nH]c(=O)c23)C1. The fraction of sp³-hybridized carbons (Fsp3) is 0.632. The van der Waals surface area contributed by atoms with E-state index in [0.717, 1.165) is 48.7 Å². The van der Waals surface area contributed by atoms with Crippen molar-refractivity contribution >= 4 is 27.5 Å². The Balaban J connectivity index is 1.39. The number of aromatic nitrogens is 2. The summed E-state index contributed by atoms with van der Waals surface area (Å²) in [5.74, 6) is 0.954. The summed E-state index contributed by atoms with van der Waals surface area (Å²) in [7, 11) is 0. The van der Waals surface area contributed by atoms with E-state index >= 15 is 0 Å². The zero-order valence-corrected chi connectivity index (χ0v) is 16.3. The monoisotopic (exact) mass is 391 g/mol. The van der Waals surface area contributed by atoms with E-state index < -0.39 is 0 Å². The van der Waals surface area contributed by atoms with Crippen LogP contribution in [0.3, 0.4) is 0 Å². The van der Waals surface area contributed by atoms with E-state index in [4.69, 9.17) is 9.57 Å².